The van der Waals surface area contributed by atoms with E-state index in [0.717, 1.165) is 6.07 Å². The number of aromatic nitrogens is 5. The summed E-state index contributed by atoms with van der Waals surface area (Å²) in [7, 11) is 0. The molecule has 1 saturated carbocycles. The zero-order valence-corrected chi connectivity index (χ0v) is 17.4. The van der Waals surface area contributed by atoms with E-state index in [1.807, 2.05) is 0 Å². The lowest BCUT2D eigenvalue weighted by Gasteiger charge is -2.26. The first-order chi connectivity index (χ1) is 15.8. The molecule has 0 radical (unpaired) electrons. The van der Waals surface area contributed by atoms with Gasteiger partial charge >= 0.3 is 6.18 Å². The molecule has 0 aliphatic heterocycles. The van der Waals surface area contributed by atoms with E-state index in [-0.39, 0.29) is 29.1 Å². The highest BCUT2D eigenvalue weighted by molar-refractivity contribution is 5.92. The normalized spacial score (nSPS) is 19.3. The number of nitrogen functional groups attached to an aromatic ring is 1. The van der Waals surface area contributed by atoms with Gasteiger partial charge in [-0.05, 0) is 37.8 Å². The number of rotatable bonds is 3. The Labute approximate surface area is 185 Å². The fourth-order valence-electron chi connectivity index (χ4n) is 4.68. The molecule has 5 rings (SSSR count). The van der Waals surface area contributed by atoms with Crippen molar-refractivity contribution in [3.05, 3.63) is 42.0 Å². The molecule has 1 aliphatic rings. The van der Waals surface area contributed by atoms with E-state index in [2.05, 4.69) is 20.5 Å². The summed E-state index contributed by atoms with van der Waals surface area (Å²) < 4.78 is 42.1. The maximum Gasteiger partial charge on any atom is 0.418 e. The smallest absolute Gasteiger partial charge is 0.382 e. The summed E-state index contributed by atoms with van der Waals surface area (Å²) >= 11 is 0. The number of hydrogen-bond acceptors (Lipinski definition) is 6. The van der Waals surface area contributed by atoms with Crippen LogP contribution < -0.4 is 17.0 Å². The highest BCUT2D eigenvalue weighted by Gasteiger charge is 2.34. The number of nitrogens with two attached hydrogens (primary N) is 2. The van der Waals surface area contributed by atoms with Crippen molar-refractivity contribution < 1.29 is 18.0 Å². The number of hydrogen-bond donors (Lipinski definition) is 4. The summed E-state index contributed by atoms with van der Waals surface area (Å²) in [6.07, 6.45) is -0.534. The molecule has 9 nitrogen and oxygen atoms in total. The van der Waals surface area contributed by atoms with E-state index in [0.29, 0.717) is 53.8 Å². The topological polar surface area (TPSA) is 140 Å². The highest BCUT2D eigenvalue weighted by Crippen LogP contribution is 2.40. The standard InChI is InChI=1S/C21H21F3N8O/c22-21(23,24)13-3-1-2-12-8-14(29-15(12)13)16-17-18(25)27-9-28-32(17)19(30-16)10-4-6-11(7-5-10)20(33)31-26/h1-3,8-11,29H,4-7,26H2,(H,31,33)(H2,25,27,28)/t10-,11-. The minimum Gasteiger partial charge on any atom is -0.382 e. The van der Waals surface area contributed by atoms with Crippen LogP contribution in [-0.4, -0.2) is 30.5 Å². The quantitative estimate of drug-likeness (QED) is 0.211. The number of para-hydroxylation sites is 1. The Kier molecular flexibility index (Phi) is 4.96. The molecule has 0 bridgehead atoms. The fourth-order valence-corrected chi connectivity index (χ4v) is 4.68. The van der Waals surface area contributed by atoms with Gasteiger partial charge in [-0.15, -0.1) is 0 Å². The Balaban J connectivity index is 1.60. The zero-order chi connectivity index (χ0) is 23.3. The third-order valence-corrected chi connectivity index (χ3v) is 6.31. The Bertz CT molecular complexity index is 1350. The number of aromatic amines is 1. The molecule has 4 aromatic rings. The number of imidazole rings is 1. The van der Waals surface area contributed by atoms with E-state index in [9.17, 15) is 18.0 Å². The lowest BCUT2D eigenvalue weighted by Crippen LogP contribution is -2.37. The van der Waals surface area contributed by atoms with Crippen molar-refractivity contribution >= 4 is 28.1 Å². The lowest BCUT2D eigenvalue weighted by molar-refractivity contribution is -0.136. The molecule has 12 heteroatoms. The Morgan fingerprint density at radius 1 is 1.21 bits per heavy atom. The number of fused-ring (bicyclic) bond motifs is 2. The summed E-state index contributed by atoms with van der Waals surface area (Å²) in [4.78, 5) is 23.6. The lowest BCUT2D eigenvalue weighted by atomic mass is 9.81. The number of alkyl halides is 3. The van der Waals surface area contributed by atoms with Crippen molar-refractivity contribution in [2.24, 2.45) is 11.8 Å². The second kappa shape index (κ2) is 7.73. The van der Waals surface area contributed by atoms with Gasteiger partial charge in [-0.25, -0.2) is 20.3 Å². The number of amides is 1. The maximum atomic E-state index is 13.5. The van der Waals surface area contributed by atoms with Crippen LogP contribution in [0, 0.1) is 5.92 Å². The second-order valence-corrected chi connectivity index (χ2v) is 8.23. The predicted molar refractivity (Wildman–Crippen MR) is 115 cm³/mol. The first kappa shape index (κ1) is 21.2. The minimum absolute atomic E-state index is 0.00233. The number of H-pyrrole nitrogens is 1. The molecule has 3 aromatic heterocycles. The van der Waals surface area contributed by atoms with Crippen LogP contribution in [0.5, 0.6) is 0 Å². The molecule has 172 valence electrons. The molecular formula is C21H21F3N8O. The molecule has 6 N–H and O–H groups in total. The summed E-state index contributed by atoms with van der Waals surface area (Å²) in [6.45, 7) is 0. The van der Waals surface area contributed by atoms with Gasteiger partial charge in [-0.1, -0.05) is 12.1 Å². The maximum absolute atomic E-state index is 13.5. The molecule has 1 aromatic carbocycles. The van der Waals surface area contributed by atoms with Crippen molar-refractivity contribution in [2.75, 3.05) is 5.73 Å². The third-order valence-electron chi connectivity index (χ3n) is 6.31. The van der Waals surface area contributed by atoms with Gasteiger partial charge in [0, 0.05) is 17.2 Å². The minimum atomic E-state index is -4.50. The average molecular weight is 458 g/mol. The molecule has 3 heterocycles. The molecular weight excluding hydrogens is 437 g/mol. The molecule has 1 fully saturated rings. The van der Waals surface area contributed by atoms with Crippen molar-refractivity contribution in [2.45, 2.75) is 37.8 Å². The van der Waals surface area contributed by atoms with E-state index in [1.165, 1.54) is 12.4 Å². The number of halogens is 3. The molecule has 0 saturated heterocycles. The van der Waals surface area contributed by atoms with Crippen LogP contribution in [0.3, 0.4) is 0 Å². The van der Waals surface area contributed by atoms with Gasteiger partial charge < -0.3 is 10.7 Å². The SMILES string of the molecule is NNC(=O)[C@H]1CC[C@H](c2nc(-c3cc4cccc(C(F)(F)F)c4[nH]3)c3c(N)ncnn32)CC1. The Morgan fingerprint density at radius 3 is 2.67 bits per heavy atom. The highest BCUT2D eigenvalue weighted by atomic mass is 19.4. The number of carbonyl (C=O) groups is 1. The summed E-state index contributed by atoms with van der Waals surface area (Å²) in [5.41, 5.74) is 8.76. The van der Waals surface area contributed by atoms with Crippen molar-refractivity contribution in [1.29, 1.82) is 0 Å². The number of nitrogens with zero attached hydrogens (tertiary/aromatic N) is 4. The summed E-state index contributed by atoms with van der Waals surface area (Å²) in [5, 5.41) is 4.72. The van der Waals surface area contributed by atoms with Crippen LogP contribution in [0.2, 0.25) is 0 Å². The van der Waals surface area contributed by atoms with Gasteiger partial charge in [0.1, 0.15) is 23.4 Å². The largest absolute Gasteiger partial charge is 0.418 e. The molecule has 33 heavy (non-hydrogen) atoms. The number of hydrazine groups is 1. The van der Waals surface area contributed by atoms with E-state index < -0.39 is 11.7 Å². The van der Waals surface area contributed by atoms with Gasteiger partial charge in [-0.2, -0.15) is 18.3 Å². The summed E-state index contributed by atoms with van der Waals surface area (Å²) in [6, 6.07) is 5.62. The number of benzene rings is 1. The number of anilines is 1. The Hall–Kier alpha value is -3.67. The van der Waals surface area contributed by atoms with Crippen LogP contribution in [0.1, 0.15) is 43.0 Å². The van der Waals surface area contributed by atoms with Gasteiger partial charge in [-0.3, -0.25) is 10.2 Å². The van der Waals surface area contributed by atoms with Gasteiger partial charge in [0.25, 0.3) is 0 Å². The third kappa shape index (κ3) is 3.55. The van der Waals surface area contributed by atoms with E-state index >= 15 is 0 Å². The zero-order valence-electron chi connectivity index (χ0n) is 17.4. The van der Waals surface area contributed by atoms with Crippen LogP contribution >= 0.6 is 0 Å². The number of nitrogens with one attached hydrogen (secondary N) is 2. The van der Waals surface area contributed by atoms with Crippen LogP contribution in [0.25, 0.3) is 27.8 Å². The van der Waals surface area contributed by atoms with Crippen LogP contribution in [0.15, 0.2) is 30.6 Å². The van der Waals surface area contributed by atoms with Crippen LogP contribution in [-0.2, 0) is 11.0 Å². The summed E-state index contributed by atoms with van der Waals surface area (Å²) in [5.74, 6) is 5.71. The van der Waals surface area contributed by atoms with E-state index in [4.69, 9.17) is 16.6 Å². The monoisotopic (exact) mass is 458 g/mol. The van der Waals surface area contributed by atoms with Gasteiger partial charge in [0.05, 0.1) is 16.8 Å². The van der Waals surface area contributed by atoms with Crippen LogP contribution in [0.4, 0.5) is 19.0 Å². The first-order valence-electron chi connectivity index (χ1n) is 10.5. The average Bonchev–Trinajstić information content (AvgIpc) is 3.40. The van der Waals surface area contributed by atoms with Crippen molar-refractivity contribution in [3.63, 3.8) is 0 Å². The fraction of sp³-hybridized carbons (Fsp3) is 0.333. The predicted octanol–water partition coefficient (Wildman–Crippen LogP) is 3.14. The second-order valence-electron chi connectivity index (χ2n) is 8.23. The number of carbonyl (C=O) groups excluding carboxylic acids is 1. The van der Waals surface area contributed by atoms with E-state index in [1.54, 1.807) is 16.6 Å². The Morgan fingerprint density at radius 2 is 1.97 bits per heavy atom. The molecule has 0 unspecified atom stereocenters. The molecule has 1 amide bonds. The molecule has 1 aliphatic carbocycles. The molecule has 0 spiro atoms. The van der Waals surface area contributed by atoms with Gasteiger partial charge in [0.15, 0.2) is 5.82 Å². The van der Waals surface area contributed by atoms with Gasteiger partial charge in [0.2, 0.25) is 5.91 Å². The van der Waals surface area contributed by atoms with Crippen molar-refractivity contribution in [3.8, 4) is 11.4 Å². The van der Waals surface area contributed by atoms with Crippen molar-refractivity contribution in [1.82, 2.24) is 30.0 Å². The molecule has 0 atom stereocenters. The first-order valence-corrected chi connectivity index (χ1v) is 10.5.